The van der Waals surface area contributed by atoms with Gasteiger partial charge < -0.3 is 14.4 Å². The fourth-order valence-electron chi connectivity index (χ4n) is 4.56. The van der Waals surface area contributed by atoms with Crippen molar-refractivity contribution in [3.05, 3.63) is 52.5 Å². The minimum absolute atomic E-state index is 0.234. The highest BCUT2D eigenvalue weighted by Crippen LogP contribution is 2.38. The zero-order valence-corrected chi connectivity index (χ0v) is 19.6. The van der Waals surface area contributed by atoms with E-state index < -0.39 is 5.41 Å². The monoisotopic (exact) mass is 438 g/mol. The van der Waals surface area contributed by atoms with Gasteiger partial charge in [-0.15, -0.1) is 11.3 Å². The number of thiazole rings is 1. The van der Waals surface area contributed by atoms with E-state index in [2.05, 4.69) is 19.9 Å². The van der Waals surface area contributed by atoms with E-state index in [1.54, 1.807) is 25.6 Å². The second-order valence-electron chi connectivity index (χ2n) is 8.19. The third kappa shape index (κ3) is 4.01. The average Bonchev–Trinajstić information content (AvgIpc) is 3.23. The van der Waals surface area contributed by atoms with Crippen LogP contribution >= 0.6 is 11.3 Å². The van der Waals surface area contributed by atoms with Gasteiger partial charge in [0.25, 0.3) is 0 Å². The summed E-state index contributed by atoms with van der Waals surface area (Å²) in [5.41, 5.74) is 2.95. The van der Waals surface area contributed by atoms with Crippen LogP contribution in [0, 0.1) is 5.41 Å². The van der Waals surface area contributed by atoms with Crippen LogP contribution in [0.15, 0.2) is 36.4 Å². The molecule has 0 saturated carbocycles. The Morgan fingerprint density at radius 2 is 1.77 bits per heavy atom. The average molecular weight is 439 g/mol. The molecule has 2 heterocycles. The lowest BCUT2D eigenvalue weighted by Crippen LogP contribution is -2.46. The molecule has 0 atom stereocenters. The molecular formula is C25H30N2O3S. The predicted octanol–water partition coefficient (Wildman–Crippen LogP) is 5.25. The van der Waals surface area contributed by atoms with Gasteiger partial charge in [-0.3, -0.25) is 4.79 Å². The molecule has 3 aromatic rings. The van der Waals surface area contributed by atoms with E-state index in [4.69, 9.17) is 14.5 Å². The first kappa shape index (κ1) is 21.6. The van der Waals surface area contributed by atoms with Crippen LogP contribution in [0.4, 0.5) is 0 Å². The van der Waals surface area contributed by atoms with Crippen LogP contribution in [0.2, 0.25) is 0 Å². The second-order valence-corrected chi connectivity index (χ2v) is 9.31. The summed E-state index contributed by atoms with van der Waals surface area (Å²) in [7, 11) is 3.30. The molecule has 0 aliphatic carbocycles. The first-order valence-corrected chi connectivity index (χ1v) is 11.7. The number of carbonyl (C=O) groups excluding carboxylic acids is 1. The van der Waals surface area contributed by atoms with Gasteiger partial charge in [-0.1, -0.05) is 26.0 Å². The number of para-hydroxylation sites is 1. The maximum absolute atomic E-state index is 13.8. The molecule has 6 heteroatoms. The number of hydrogen-bond donors (Lipinski definition) is 0. The van der Waals surface area contributed by atoms with Crippen LogP contribution in [0.3, 0.4) is 0 Å². The van der Waals surface area contributed by atoms with Crippen LogP contribution < -0.4 is 9.47 Å². The Kier molecular flexibility index (Phi) is 6.19. The van der Waals surface area contributed by atoms with Gasteiger partial charge in [0, 0.05) is 19.5 Å². The standard InChI is InChI=1S/C25H30N2O3S/c1-5-25(6-2,15-23-26-19-9-7-8-10-22(19)31-23)24(28)27-12-11-17-13-20(29-3)21(30-4)14-18(17)16-27/h7-10,13-14H,5-6,11-12,15-16H2,1-4H3. The fraction of sp³-hybridized carbons (Fsp3) is 0.440. The van der Waals surface area contributed by atoms with Gasteiger partial charge in [-0.25, -0.2) is 4.98 Å². The maximum atomic E-state index is 13.8. The molecule has 2 aromatic carbocycles. The zero-order valence-electron chi connectivity index (χ0n) is 18.7. The number of aromatic nitrogens is 1. The second kappa shape index (κ2) is 8.87. The molecule has 1 aliphatic rings. The van der Waals surface area contributed by atoms with Crippen molar-refractivity contribution >= 4 is 27.5 Å². The van der Waals surface area contributed by atoms with Gasteiger partial charge in [0.15, 0.2) is 11.5 Å². The molecule has 164 valence electrons. The minimum atomic E-state index is -0.429. The molecule has 0 spiro atoms. The van der Waals surface area contributed by atoms with Gasteiger partial charge >= 0.3 is 0 Å². The Morgan fingerprint density at radius 1 is 1.10 bits per heavy atom. The van der Waals surface area contributed by atoms with Crippen molar-refractivity contribution in [2.75, 3.05) is 20.8 Å². The summed E-state index contributed by atoms with van der Waals surface area (Å²) in [5.74, 6) is 1.69. The minimum Gasteiger partial charge on any atom is -0.493 e. The fourth-order valence-corrected chi connectivity index (χ4v) is 5.67. The maximum Gasteiger partial charge on any atom is 0.229 e. The van der Waals surface area contributed by atoms with E-state index >= 15 is 0 Å². The molecule has 1 aliphatic heterocycles. The Morgan fingerprint density at radius 3 is 2.42 bits per heavy atom. The number of hydrogen-bond acceptors (Lipinski definition) is 5. The molecule has 0 fully saturated rings. The van der Waals surface area contributed by atoms with Crippen LogP contribution in [0.25, 0.3) is 10.2 Å². The highest BCUT2D eigenvalue weighted by atomic mass is 32.1. The number of rotatable bonds is 7. The third-order valence-corrected chi connectivity index (χ3v) is 7.68. The Labute approximate surface area is 188 Å². The molecule has 31 heavy (non-hydrogen) atoms. The van der Waals surface area contributed by atoms with Gasteiger partial charge in [0.2, 0.25) is 5.91 Å². The summed E-state index contributed by atoms with van der Waals surface area (Å²) in [6.07, 6.45) is 3.11. The molecule has 0 saturated heterocycles. The normalized spacial score (nSPS) is 13.9. The molecule has 0 unspecified atom stereocenters. The van der Waals surface area contributed by atoms with E-state index in [1.165, 1.54) is 10.3 Å². The summed E-state index contributed by atoms with van der Waals surface area (Å²) < 4.78 is 12.1. The quantitative estimate of drug-likeness (QED) is 0.506. The third-order valence-electron chi connectivity index (χ3n) is 6.64. The number of amides is 1. The number of carbonyl (C=O) groups is 1. The van der Waals surface area contributed by atoms with Crippen molar-refractivity contribution in [2.24, 2.45) is 5.41 Å². The first-order chi connectivity index (χ1) is 15.0. The number of ether oxygens (including phenoxy) is 2. The molecule has 1 aromatic heterocycles. The number of nitrogens with zero attached hydrogens (tertiary/aromatic N) is 2. The van der Waals surface area contributed by atoms with E-state index in [0.717, 1.165) is 47.6 Å². The number of benzene rings is 2. The van der Waals surface area contributed by atoms with Gasteiger partial charge in [-0.2, -0.15) is 0 Å². The van der Waals surface area contributed by atoms with E-state index in [1.807, 2.05) is 35.2 Å². The van der Waals surface area contributed by atoms with Gasteiger partial charge in [0.05, 0.1) is 34.9 Å². The molecule has 0 bridgehead atoms. The van der Waals surface area contributed by atoms with Gasteiger partial charge in [0.1, 0.15) is 0 Å². The van der Waals surface area contributed by atoms with Crippen molar-refractivity contribution in [3.63, 3.8) is 0 Å². The highest BCUT2D eigenvalue weighted by molar-refractivity contribution is 7.18. The van der Waals surface area contributed by atoms with E-state index in [9.17, 15) is 4.79 Å². The Hall–Kier alpha value is -2.60. The molecule has 4 rings (SSSR count). The summed E-state index contributed by atoms with van der Waals surface area (Å²) >= 11 is 1.70. The molecule has 0 radical (unpaired) electrons. The van der Waals surface area contributed by atoms with Crippen LogP contribution in [0.1, 0.15) is 42.8 Å². The van der Waals surface area contributed by atoms with Crippen LogP contribution in [-0.4, -0.2) is 36.6 Å². The molecule has 5 nitrogen and oxygen atoms in total. The Balaban J connectivity index is 1.59. The summed E-state index contributed by atoms with van der Waals surface area (Å²) in [4.78, 5) is 20.7. The van der Waals surface area contributed by atoms with Crippen molar-refractivity contribution in [3.8, 4) is 11.5 Å². The lowest BCUT2D eigenvalue weighted by Gasteiger charge is -2.38. The van der Waals surface area contributed by atoms with Crippen molar-refractivity contribution in [2.45, 2.75) is 46.1 Å². The zero-order chi connectivity index (χ0) is 22.0. The van der Waals surface area contributed by atoms with Crippen molar-refractivity contribution in [1.29, 1.82) is 0 Å². The van der Waals surface area contributed by atoms with Crippen molar-refractivity contribution in [1.82, 2.24) is 9.88 Å². The number of fused-ring (bicyclic) bond motifs is 2. The summed E-state index contributed by atoms with van der Waals surface area (Å²) in [5, 5.41) is 1.04. The molecule has 0 N–H and O–H groups in total. The van der Waals surface area contributed by atoms with E-state index in [0.29, 0.717) is 18.7 Å². The Bertz CT molecular complexity index is 1050. The summed E-state index contributed by atoms with van der Waals surface area (Å²) in [6, 6.07) is 12.3. The van der Waals surface area contributed by atoms with Gasteiger partial charge in [-0.05, 0) is 54.7 Å². The van der Waals surface area contributed by atoms with Crippen LogP contribution in [-0.2, 0) is 24.2 Å². The topological polar surface area (TPSA) is 51.7 Å². The number of methoxy groups -OCH3 is 2. The predicted molar refractivity (Wildman–Crippen MR) is 125 cm³/mol. The van der Waals surface area contributed by atoms with E-state index in [-0.39, 0.29) is 5.91 Å². The lowest BCUT2D eigenvalue weighted by molar-refractivity contribution is -0.143. The molecule has 1 amide bonds. The van der Waals surface area contributed by atoms with Crippen molar-refractivity contribution < 1.29 is 14.3 Å². The lowest BCUT2D eigenvalue weighted by atomic mass is 9.77. The molecular weight excluding hydrogens is 408 g/mol. The van der Waals surface area contributed by atoms with Crippen LogP contribution in [0.5, 0.6) is 11.5 Å². The largest absolute Gasteiger partial charge is 0.493 e. The highest BCUT2D eigenvalue weighted by Gasteiger charge is 2.40. The summed E-state index contributed by atoms with van der Waals surface area (Å²) in [6.45, 7) is 5.58. The smallest absolute Gasteiger partial charge is 0.229 e. The first-order valence-electron chi connectivity index (χ1n) is 10.9. The SMILES string of the molecule is CCC(CC)(Cc1nc2ccccc2s1)C(=O)N1CCc2cc(OC)c(OC)cc2C1.